The maximum atomic E-state index is 5.64. The van der Waals surface area contributed by atoms with Gasteiger partial charge in [-0.25, -0.2) is 9.67 Å². The predicted octanol–water partition coefficient (Wildman–Crippen LogP) is 2.32. The Morgan fingerprint density at radius 1 is 1.28 bits per heavy atom. The summed E-state index contributed by atoms with van der Waals surface area (Å²) in [6, 6.07) is 4.76. The molecule has 0 unspecified atom stereocenters. The van der Waals surface area contributed by atoms with E-state index < -0.39 is 0 Å². The number of nitrogens with one attached hydrogen (secondary N) is 2. The van der Waals surface area contributed by atoms with Crippen LogP contribution < -0.4 is 15.4 Å². The van der Waals surface area contributed by atoms with Crippen LogP contribution >= 0.6 is 0 Å². The van der Waals surface area contributed by atoms with Gasteiger partial charge in [-0.2, -0.15) is 10.1 Å². The molecule has 5 rings (SSSR count). The van der Waals surface area contributed by atoms with E-state index in [9.17, 15) is 0 Å². The van der Waals surface area contributed by atoms with Crippen molar-refractivity contribution in [3.63, 3.8) is 0 Å². The van der Waals surface area contributed by atoms with E-state index >= 15 is 0 Å². The zero-order chi connectivity index (χ0) is 19.8. The molecule has 0 spiro atoms. The molecule has 29 heavy (non-hydrogen) atoms. The largest absolute Gasteiger partial charge is 0.495 e. The summed E-state index contributed by atoms with van der Waals surface area (Å²) >= 11 is 0. The number of likely N-dealkylation sites (N-methyl/N-ethyl adjacent to an activating group) is 1. The zero-order valence-electron chi connectivity index (χ0n) is 17.0. The number of fused-ring (bicyclic) bond motifs is 2. The number of hydrogen-bond donors (Lipinski definition) is 2. The van der Waals surface area contributed by atoms with Crippen LogP contribution in [0.15, 0.2) is 24.5 Å². The van der Waals surface area contributed by atoms with Crippen molar-refractivity contribution in [2.75, 3.05) is 32.6 Å². The standard InChI is InChI=1S/C21H27N7O/c1-27-7-5-14-9-19(29-2)18(8-15(14)12-27)25-21-23-10-16-11-24-28(20(16)26-21)13-17-4-3-6-22-17/h8-11,17,22H,3-7,12-13H2,1-2H3,(H,23,25,26)/t17-/m1/s1. The van der Waals surface area contributed by atoms with Gasteiger partial charge in [0.25, 0.3) is 0 Å². The molecule has 1 fully saturated rings. The van der Waals surface area contributed by atoms with Crippen LogP contribution in [0.4, 0.5) is 11.6 Å². The van der Waals surface area contributed by atoms with Gasteiger partial charge in [0.2, 0.25) is 5.95 Å². The minimum absolute atomic E-state index is 0.460. The van der Waals surface area contributed by atoms with Gasteiger partial charge < -0.3 is 20.3 Å². The fourth-order valence-electron chi connectivity index (χ4n) is 4.30. The highest BCUT2D eigenvalue weighted by Crippen LogP contribution is 2.33. The summed E-state index contributed by atoms with van der Waals surface area (Å²) < 4.78 is 7.61. The molecule has 2 aromatic heterocycles. The van der Waals surface area contributed by atoms with E-state index in [0.29, 0.717) is 12.0 Å². The van der Waals surface area contributed by atoms with Gasteiger partial charge in [-0.15, -0.1) is 0 Å². The van der Waals surface area contributed by atoms with Gasteiger partial charge in [-0.05, 0) is 56.1 Å². The van der Waals surface area contributed by atoms with E-state index in [0.717, 1.165) is 55.1 Å². The van der Waals surface area contributed by atoms with Gasteiger partial charge in [0.15, 0.2) is 5.65 Å². The summed E-state index contributed by atoms with van der Waals surface area (Å²) in [6.07, 6.45) is 7.11. The van der Waals surface area contributed by atoms with Crippen LogP contribution in [0.1, 0.15) is 24.0 Å². The van der Waals surface area contributed by atoms with Crippen molar-refractivity contribution in [3.05, 3.63) is 35.7 Å². The third kappa shape index (κ3) is 3.65. The minimum atomic E-state index is 0.460. The first-order valence-corrected chi connectivity index (χ1v) is 10.3. The monoisotopic (exact) mass is 393 g/mol. The first-order valence-electron chi connectivity index (χ1n) is 10.3. The lowest BCUT2D eigenvalue weighted by Gasteiger charge is -2.26. The molecule has 0 aliphatic carbocycles. The summed E-state index contributed by atoms with van der Waals surface area (Å²) in [4.78, 5) is 11.6. The summed E-state index contributed by atoms with van der Waals surface area (Å²) in [5.41, 5.74) is 4.42. The Hall–Kier alpha value is -2.71. The molecule has 2 aliphatic rings. The molecule has 8 heteroatoms. The van der Waals surface area contributed by atoms with Gasteiger partial charge in [0.05, 0.1) is 30.9 Å². The van der Waals surface area contributed by atoms with Crippen LogP contribution in [0.5, 0.6) is 5.75 Å². The molecule has 1 saturated heterocycles. The molecule has 0 amide bonds. The van der Waals surface area contributed by atoms with Crippen LogP contribution in [-0.4, -0.2) is 57.9 Å². The number of nitrogens with zero attached hydrogens (tertiary/aromatic N) is 5. The fourth-order valence-corrected chi connectivity index (χ4v) is 4.30. The van der Waals surface area contributed by atoms with E-state index in [1.807, 2.05) is 17.1 Å². The summed E-state index contributed by atoms with van der Waals surface area (Å²) in [5.74, 6) is 1.38. The predicted molar refractivity (Wildman–Crippen MR) is 113 cm³/mol. The molecular weight excluding hydrogens is 366 g/mol. The summed E-state index contributed by atoms with van der Waals surface area (Å²) in [6.45, 7) is 3.92. The Morgan fingerprint density at radius 2 is 2.21 bits per heavy atom. The molecular formula is C21H27N7O. The van der Waals surface area contributed by atoms with Crippen LogP contribution in [0.25, 0.3) is 11.0 Å². The van der Waals surface area contributed by atoms with E-state index in [1.54, 1.807) is 7.11 Å². The van der Waals surface area contributed by atoms with Crippen molar-refractivity contribution in [1.29, 1.82) is 0 Å². The maximum absolute atomic E-state index is 5.64. The second-order valence-electron chi connectivity index (χ2n) is 8.03. The van der Waals surface area contributed by atoms with Crippen molar-refractivity contribution in [3.8, 4) is 5.75 Å². The molecule has 1 atom stereocenters. The Bertz CT molecular complexity index is 1030. The number of hydrogen-bond acceptors (Lipinski definition) is 7. The molecule has 152 valence electrons. The van der Waals surface area contributed by atoms with Crippen LogP contribution in [-0.2, 0) is 19.5 Å². The lowest BCUT2D eigenvalue weighted by Crippen LogP contribution is -2.27. The molecule has 1 aromatic carbocycles. The molecule has 0 saturated carbocycles. The maximum Gasteiger partial charge on any atom is 0.229 e. The van der Waals surface area contributed by atoms with E-state index in [1.165, 1.54) is 24.0 Å². The second-order valence-corrected chi connectivity index (χ2v) is 8.03. The van der Waals surface area contributed by atoms with Gasteiger partial charge in [0, 0.05) is 25.3 Å². The second kappa shape index (κ2) is 7.61. The highest BCUT2D eigenvalue weighted by atomic mass is 16.5. The van der Waals surface area contributed by atoms with Crippen LogP contribution in [0.3, 0.4) is 0 Å². The zero-order valence-corrected chi connectivity index (χ0v) is 17.0. The quantitative estimate of drug-likeness (QED) is 0.689. The van der Waals surface area contributed by atoms with E-state index in [4.69, 9.17) is 9.72 Å². The minimum Gasteiger partial charge on any atom is -0.495 e. The van der Waals surface area contributed by atoms with Crippen LogP contribution in [0.2, 0.25) is 0 Å². The number of methoxy groups -OCH3 is 1. The molecule has 0 radical (unpaired) electrons. The SMILES string of the molecule is COc1cc2c(cc1Nc1ncc3cnn(C[C@H]4CCCN4)c3n1)CN(C)CC2. The first kappa shape index (κ1) is 18.3. The van der Waals surface area contributed by atoms with E-state index in [-0.39, 0.29) is 0 Å². The van der Waals surface area contributed by atoms with Crippen molar-refractivity contribution in [1.82, 2.24) is 30.0 Å². The van der Waals surface area contributed by atoms with Crippen molar-refractivity contribution in [2.24, 2.45) is 0 Å². The molecule has 4 heterocycles. The average Bonchev–Trinajstić information content (AvgIpc) is 3.38. The van der Waals surface area contributed by atoms with Gasteiger partial charge in [-0.3, -0.25) is 0 Å². The fraction of sp³-hybridized carbons (Fsp3) is 0.476. The van der Waals surface area contributed by atoms with E-state index in [2.05, 4.69) is 44.8 Å². The van der Waals surface area contributed by atoms with Gasteiger partial charge in [-0.1, -0.05) is 0 Å². The number of benzene rings is 1. The number of ether oxygens (including phenoxy) is 1. The number of aromatic nitrogens is 4. The van der Waals surface area contributed by atoms with Gasteiger partial charge in [0.1, 0.15) is 5.75 Å². The molecule has 3 aromatic rings. The lowest BCUT2D eigenvalue weighted by molar-refractivity contribution is 0.312. The Balaban J connectivity index is 1.44. The highest BCUT2D eigenvalue weighted by molar-refractivity contribution is 5.76. The molecule has 8 nitrogen and oxygen atoms in total. The summed E-state index contributed by atoms with van der Waals surface area (Å²) in [5, 5.41) is 12.4. The summed E-state index contributed by atoms with van der Waals surface area (Å²) in [7, 11) is 3.85. The smallest absolute Gasteiger partial charge is 0.229 e. The highest BCUT2D eigenvalue weighted by Gasteiger charge is 2.19. The Kier molecular flexibility index (Phi) is 4.81. The first-order chi connectivity index (χ1) is 14.2. The Morgan fingerprint density at radius 3 is 3.03 bits per heavy atom. The number of rotatable bonds is 5. The number of anilines is 2. The average molecular weight is 393 g/mol. The van der Waals surface area contributed by atoms with Crippen LogP contribution in [0, 0.1) is 0 Å². The third-order valence-corrected chi connectivity index (χ3v) is 5.90. The molecule has 2 aliphatic heterocycles. The van der Waals surface area contributed by atoms with Crippen molar-refractivity contribution in [2.45, 2.75) is 38.4 Å². The molecule has 2 N–H and O–H groups in total. The van der Waals surface area contributed by atoms with Crippen molar-refractivity contribution >= 4 is 22.7 Å². The topological polar surface area (TPSA) is 80.1 Å². The molecule has 0 bridgehead atoms. The lowest BCUT2D eigenvalue weighted by atomic mass is 9.99. The van der Waals surface area contributed by atoms with Crippen molar-refractivity contribution < 1.29 is 4.74 Å². The third-order valence-electron chi connectivity index (χ3n) is 5.90. The Labute approximate surface area is 170 Å². The normalized spacial score (nSPS) is 19.4. The van der Waals surface area contributed by atoms with Gasteiger partial charge >= 0.3 is 0 Å².